The van der Waals surface area contributed by atoms with E-state index in [0.717, 1.165) is 22.3 Å². The molecule has 33 heavy (non-hydrogen) atoms. The Balaban J connectivity index is 1.61. The largest absolute Gasteiger partial charge is 0.481 e. The summed E-state index contributed by atoms with van der Waals surface area (Å²) in [6, 6.07) is 14.7. The minimum atomic E-state index is -0.963. The Bertz CT molecular complexity index is 974. The monoisotopic (exact) mass is 452 g/mol. The van der Waals surface area contributed by atoms with Crippen molar-refractivity contribution in [2.24, 2.45) is 11.8 Å². The first-order valence-electron chi connectivity index (χ1n) is 11.4. The molecule has 0 aromatic heterocycles. The van der Waals surface area contributed by atoms with E-state index in [1.165, 1.54) is 0 Å². The van der Waals surface area contributed by atoms with Gasteiger partial charge in [-0.15, -0.1) is 0 Å². The predicted molar refractivity (Wildman–Crippen MR) is 126 cm³/mol. The highest BCUT2D eigenvalue weighted by Crippen LogP contribution is 2.44. The number of aliphatic carboxylic acids is 1. The smallest absolute Gasteiger partial charge is 0.407 e. The van der Waals surface area contributed by atoms with Crippen molar-refractivity contribution in [3.8, 4) is 11.1 Å². The summed E-state index contributed by atoms with van der Waals surface area (Å²) in [5, 5.41) is 14.8. The fraction of sp³-hybridized carbons (Fsp3) is 0.423. The number of ether oxygens (including phenoxy) is 1. The standard InChI is InChI=1S/C26H32N2O5/c1-5-22(24(29)27-16(4)23(15(2)3)25(30)31)28-26(32)33-14-21-19-12-8-6-10-17(19)18-11-7-9-13-20(18)21/h6-13,15-16,21-23H,5,14H2,1-4H3,(H,27,29)(H,28,32)(H,30,31)/t16?,22-,23?/m0/s1. The lowest BCUT2D eigenvalue weighted by Crippen LogP contribution is -2.52. The molecule has 0 heterocycles. The van der Waals surface area contributed by atoms with Crippen LogP contribution < -0.4 is 10.6 Å². The highest BCUT2D eigenvalue weighted by molar-refractivity contribution is 5.86. The Labute approximate surface area is 194 Å². The van der Waals surface area contributed by atoms with Crippen molar-refractivity contribution in [2.45, 2.75) is 52.1 Å². The van der Waals surface area contributed by atoms with Crippen molar-refractivity contribution in [3.63, 3.8) is 0 Å². The molecular formula is C26H32N2O5. The molecule has 3 N–H and O–H groups in total. The summed E-state index contributed by atoms with van der Waals surface area (Å²) < 4.78 is 5.53. The zero-order valence-electron chi connectivity index (χ0n) is 19.5. The van der Waals surface area contributed by atoms with Crippen LogP contribution in [0.1, 0.15) is 51.2 Å². The van der Waals surface area contributed by atoms with Gasteiger partial charge in [0.25, 0.3) is 0 Å². The van der Waals surface area contributed by atoms with Gasteiger partial charge in [0.15, 0.2) is 0 Å². The second-order valence-corrected chi connectivity index (χ2v) is 8.84. The van der Waals surface area contributed by atoms with E-state index in [9.17, 15) is 19.5 Å². The van der Waals surface area contributed by atoms with E-state index in [0.29, 0.717) is 6.42 Å². The summed E-state index contributed by atoms with van der Waals surface area (Å²) in [5.41, 5.74) is 4.50. The average Bonchev–Trinajstić information content (AvgIpc) is 3.09. The predicted octanol–water partition coefficient (Wildman–Crippen LogP) is 4.17. The van der Waals surface area contributed by atoms with E-state index in [2.05, 4.69) is 22.8 Å². The molecule has 2 amide bonds. The lowest BCUT2D eigenvalue weighted by atomic mass is 9.89. The lowest BCUT2D eigenvalue weighted by Gasteiger charge is -2.26. The van der Waals surface area contributed by atoms with E-state index in [-0.39, 0.29) is 18.4 Å². The molecule has 0 spiro atoms. The molecular weight excluding hydrogens is 420 g/mol. The molecule has 1 aliphatic carbocycles. The summed E-state index contributed by atoms with van der Waals surface area (Å²) in [7, 11) is 0. The van der Waals surface area contributed by atoms with Gasteiger partial charge in [-0.25, -0.2) is 4.79 Å². The van der Waals surface area contributed by atoms with Gasteiger partial charge < -0.3 is 20.5 Å². The van der Waals surface area contributed by atoms with E-state index >= 15 is 0 Å². The molecule has 0 bridgehead atoms. The van der Waals surface area contributed by atoms with Crippen LogP contribution >= 0.6 is 0 Å². The maximum absolute atomic E-state index is 12.7. The van der Waals surface area contributed by atoms with Crippen molar-refractivity contribution in [1.29, 1.82) is 0 Å². The van der Waals surface area contributed by atoms with Gasteiger partial charge in [0, 0.05) is 12.0 Å². The molecule has 2 unspecified atom stereocenters. The second kappa shape index (κ2) is 10.5. The zero-order valence-corrected chi connectivity index (χ0v) is 19.5. The van der Waals surface area contributed by atoms with Gasteiger partial charge in [-0.1, -0.05) is 69.3 Å². The zero-order chi connectivity index (χ0) is 24.1. The molecule has 7 heteroatoms. The molecule has 3 atom stereocenters. The van der Waals surface area contributed by atoms with Crippen LogP contribution in [0.25, 0.3) is 11.1 Å². The van der Waals surface area contributed by atoms with Crippen LogP contribution in [-0.2, 0) is 14.3 Å². The van der Waals surface area contributed by atoms with Crippen LogP contribution in [0, 0.1) is 11.8 Å². The van der Waals surface area contributed by atoms with Crippen molar-refractivity contribution in [3.05, 3.63) is 59.7 Å². The van der Waals surface area contributed by atoms with Crippen molar-refractivity contribution >= 4 is 18.0 Å². The Morgan fingerprint density at radius 1 is 0.939 bits per heavy atom. The number of nitrogens with one attached hydrogen (secondary N) is 2. The highest BCUT2D eigenvalue weighted by atomic mass is 16.5. The van der Waals surface area contributed by atoms with E-state index in [1.54, 1.807) is 27.7 Å². The fourth-order valence-corrected chi connectivity index (χ4v) is 4.63. The van der Waals surface area contributed by atoms with Crippen LogP contribution in [0.2, 0.25) is 0 Å². The number of hydrogen-bond donors (Lipinski definition) is 3. The Kier molecular flexibility index (Phi) is 7.74. The van der Waals surface area contributed by atoms with E-state index in [4.69, 9.17) is 4.74 Å². The van der Waals surface area contributed by atoms with Crippen molar-refractivity contribution in [2.75, 3.05) is 6.61 Å². The molecule has 0 radical (unpaired) electrons. The number of carboxylic acid groups (broad SMARTS) is 1. The number of carbonyl (C=O) groups excluding carboxylic acids is 2. The average molecular weight is 453 g/mol. The minimum Gasteiger partial charge on any atom is -0.481 e. The summed E-state index contributed by atoms with van der Waals surface area (Å²) in [4.78, 5) is 36.7. The molecule has 3 rings (SSSR count). The molecule has 2 aromatic rings. The number of carbonyl (C=O) groups is 3. The molecule has 176 valence electrons. The first kappa shape index (κ1) is 24.3. The van der Waals surface area contributed by atoms with Crippen molar-refractivity contribution < 1.29 is 24.2 Å². The number of benzene rings is 2. The van der Waals surface area contributed by atoms with Crippen molar-refractivity contribution in [1.82, 2.24) is 10.6 Å². The third kappa shape index (κ3) is 5.35. The fourth-order valence-electron chi connectivity index (χ4n) is 4.63. The van der Waals surface area contributed by atoms with Crippen LogP contribution in [0.3, 0.4) is 0 Å². The van der Waals surface area contributed by atoms with E-state index in [1.807, 2.05) is 36.4 Å². The number of rotatable bonds is 9. The van der Waals surface area contributed by atoms with Gasteiger partial charge in [-0.2, -0.15) is 0 Å². The Morgan fingerprint density at radius 2 is 1.48 bits per heavy atom. The molecule has 0 aliphatic heterocycles. The molecule has 0 fully saturated rings. The van der Waals surface area contributed by atoms with Gasteiger partial charge in [0.05, 0.1) is 5.92 Å². The summed E-state index contributed by atoms with van der Waals surface area (Å²) in [5.74, 6) is -2.32. The second-order valence-electron chi connectivity index (χ2n) is 8.84. The first-order chi connectivity index (χ1) is 15.7. The summed E-state index contributed by atoms with van der Waals surface area (Å²) in [6.45, 7) is 7.19. The van der Waals surface area contributed by atoms with Crippen LogP contribution in [0.15, 0.2) is 48.5 Å². The maximum Gasteiger partial charge on any atom is 0.407 e. The Hall–Kier alpha value is -3.35. The SMILES string of the molecule is CC[C@H](NC(=O)OCC1c2ccccc2-c2ccccc21)C(=O)NC(C)C(C(=O)O)C(C)C. The minimum absolute atomic E-state index is 0.0700. The maximum atomic E-state index is 12.7. The van der Waals surface area contributed by atoms with Crippen LogP contribution in [-0.4, -0.2) is 41.8 Å². The number of alkyl carbamates (subject to hydrolysis) is 1. The highest BCUT2D eigenvalue weighted by Gasteiger charge is 2.32. The van der Waals surface area contributed by atoms with E-state index < -0.39 is 36.0 Å². The van der Waals surface area contributed by atoms with Gasteiger partial charge in [-0.3, -0.25) is 9.59 Å². The number of carboxylic acids is 1. The molecule has 7 nitrogen and oxygen atoms in total. The van der Waals surface area contributed by atoms with Gasteiger partial charge in [0.1, 0.15) is 12.6 Å². The normalized spacial score (nSPS) is 15.2. The van der Waals surface area contributed by atoms with Crippen LogP contribution in [0.4, 0.5) is 4.79 Å². The molecule has 2 aromatic carbocycles. The lowest BCUT2D eigenvalue weighted by molar-refractivity contribution is -0.144. The number of hydrogen-bond acceptors (Lipinski definition) is 4. The molecule has 0 saturated carbocycles. The topological polar surface area (TPSA) is 105 Å². The summed E-state index contributed by atoms with van der Waals surface area (Å²) >= 11 is 0. The third-order valence-corrected chi connectivity index (χ3v) is 6.27. The number of amides is 2. The number of fused-ring (bicyclic) bond motifs is 3. The van der Waals surface area contributed by atoms with Gasteiger partial charge >= 0.3 is 12.1 Å². The van der Waals surface area contributed by atoms with Gasteiger partial charge in [0.2, 0.25) is 5.91 Å². The molecule has 1 aliphatic rings. The summed E-state index contributed by atoms with van der Waals surface area (Å²) in [6.07, 6.45) is -0.326. The quantitative estimate of drug-likeness (QED) is 0.530. The molecule has 0 saturated heterocycles. The third-order valence-electron chi connectivity index (χ3n) is 6.27. The van der Waals surface area contributed by atoms with Gasteiger partial charge in [-0.05, 0) is 41.5 Å². The Morgan fingerprint density at radius 3 is 1.97 bits per heavy atom. The first-order valence-corrected chi connectivity index (χ1v) is 11.4. The van der Waals surface area contributed by atoms with Crippen LogP contribution in [0.5, 0.6) is 0 Å².